The number of hydrogen-bond acceptors (Lipinski definition) is 4. The summed E-state index contributed by atoms with van der Waals surface area (Å²) in [4.78, 5) is 9.48. The number of nitrogens with zero attached hydrogens (tertiary/aromatic N) is 5. The zero-order valence-corrected chi connectivity index (χ0v) is 6.97. The maximum absolute atomic E-state index is 4.19. The number of hydrogen-bond donors (Lipinski definition) is 0. The zero-order chi connectivity index (χ0) is 8.55. The van der Waals surface area contributed by atoms with Gasteiger partial charge in [-0.15, -0.1) is 10.2 Å². The fourth-order valence-electron chi connectivity index (χ4n) is 0.924. The second-order valence-corrected chi connectivity index (χ2v) is 2.85. The summed E-state index contributed by atoms with van der Waals surface area (Å²) in [5, 5.41) is 8.36. The van der Waals surface area contributed by atoms with Crippen LogP contribution < -0.4 is 0 Å². The molecule has 2 aromatic rings. The van der Waals surface area contributed by atoms with Crippen molar-refractivity contribution in [3.8, 4) is 0 Å². The molecule has 0 aliphatic rings. The molecule has 0 atom stereocenters. The van der Waals surface area contributed by atoms with E-state index in [4.69, 9.17) is 0 Å². The molecule has 62 valence electrons. The van der Waals surface area contributed by atoms with E-state index in [2.05, 4.69) is 20.2 Å². The van der Waals surface area contributed by atoms with Crippen molar-refractivity contribution in [3.63, 3.8) is 0 Å². The standard InChI is InChI=1S/C7H9N5/c1-5(2)12-10-6-3-8-4-9-7(6)11-12/h3-5H,1-2H3. The van der Waals surface area contributed by atoms with E-state index in [1.54, 1.807) is 11.0 Å². The lowest BCUT2D eigenvalue weighted by atomic mass is 10.4. The minimum atomic E-state index is 0.263. The van der Waals surface area contributed by atoms with Gasteiger partial charge in [0, 0.05) is 0 Å². The smallest absolute Gasteiger partial charge is 0.204 e. The molecule has 0 amide bonds. The molecular formula is C7H9N5. The molecule has 0 N–H and O–H groups in total. The summed E-state index contributed by atoms with van der Waals surface area (Å²) in [6, 6.07) is 0.263. The molecule has 5 heteroatoms. The summed E-state index contributed by atoms with van der Waals surface area (Å²) < 4.78 is 0. The van der Waals surface area contributed by atoms with E-state index >= 15 is 0 Å². The van der Waals surface area contributed by atoms with Crippen LogP contribution in [0.5, 0.6) is 0 Å². The molecule has 2 aromatic heterocycles. The number of fused-ring (bicyclic) bond motifs is 1. The van der Waals surface area contributed by atoms with Crippen molar-refractivity contribution in [2.24, 2.45) is 0 Å². The Kier molecular flexibility index (Phi) is 1.49. The molecule has 0 saturated carbocycles. The van der Waals surface area contributed by atoms with Crippen LogP contribution in [-0.2, 0) is 0 Å². The summed E-state index contributed by atoms with van der Waals surface area (Å²) in [6.07, 6.45) is 3.13. The third kappa shape index (κ3) is 1.03. The van der Waals surface area contributed by atoms with Crippen molar-refractivity contribution in [3.05, 3.63) is 12.5 Å². The van der Waals surface area contributed by atoms with Crippen LogP contribution in [-0.4, -0.2) is 25.0 Å². The molecule has 2 heterocycles. The Morgan fingerprint density at radius 3 is 2.83 bits per heavy atom. The van der Waals surface area contributed by atoms with Crippen molar-refractivity contribution in [2.75, 3.05) is 0 Å². The van der Waals surface area contributed by atoms with Crippen LogP contribution in [0.4, 0.5) is 0 Å². The Morgan fingerprint density at radius 2 is 2.17 bits per heavy atom. The third-order valence-corrected chi connectivity index (χ3v) is 1.54. The number of rotatable bonds is 1. The van der Waals surface area contributed by atoms with Crippen molar-refractivity contribution >= 4 is 11.2 Å². The lowest BCUT2D eigenvalue weighted by Crippen LogP contribution is -2.04. The van der Waals surface area contributed by atoms with Gasteiger partial charge in [0.15, 0.2) is 5.52 Å². The molecule has 0 bridgehead atoms. The van der Waals surface area contributed by atoms with Gasteiger partial charge in [-0.2, -0.15) is 4.80 Å². The molecule has 0 radical (unpaired) electrons. The van der Waals surface area contributed by atoms with E-state index in [0.717, 1.165) is 5.52 Å². The van der Waals surface area contributed by atoms with Gasteiger partial charge in [0.25, 0.3) is 0 Å². The Hall–Kier alpha value is -1.52. The van der Waals surface area contributed by atoms with Gasteiger partial charge in [0.2, 0.25) is 5.65 Å². The summed E-state index contributed by atoms with van der Waals surface area (Å²) >= 11 is 0. The molecule has 0 unspecified atom stereocenters. The van der Waals surface area contributed by atoms with E-state index in [9.17, 15) is 0 Å². The SMILES string of the molecule is CC(C)n1nc2cncnc2n1. The van der Waals surface area contributed by atoms with E-state index < -0.39 is 0 Å². The largest absolute Gasteiger partial charge is 0.242 e. The number of aromatic nitrogens is 5. The lowest BCUT2D eigenvalue weighted by molar-refractivity contribution is 0.471. The van der Waals surface area contributed by atoms with Crippen molar-refractivity contribution < 1.29 is 0 Å². The van der Waals surface area contributed by atoms with E-state index in [1.165, 1.54) is 6.33 Å². The van der Waals surface area contributed by atoms with Gasteiger partial charge < -0.3 is 0 Å². The molecular weight excluding hydrogens is 154 g/mol. The minimum absolute atomic E-state index is 0.263. The minimum Gasteiger partial charge on any atom is -0.242 e. The first-order valence-corrected chi connectivity index (χ1v) is 3.80. The maximum Gasteiger partial charge on any atom is 0.204 e. The molecule has 0 spiro atoms. The van der Waals surface area contributed by atoms with Gasteiger partial charge in [0.05, 0.1) is 12.2 Å². The molecule has 12 heavy (non-hydrogen) atoms. The lowest BCUT2D eigenvalue weighted by Gasteiger charge is -1.99. The van der Waals surface area contributed by atoms with Gasteiger partial charge in [0.1, 0.15) is 6.33 Å². The van der Waals surface area contributed by atoms with Crippen molar-refractivity contribution in [1.82, 2.24) is 25.0 Å². The van der Waals surface area contributed by atoms with Crippen LogP contribution in [0.3, 0.4) is 0 Å². The summed E-state index contributed by atoms with van der Waals surface area (Å²) in [5.41, 5.74) is 1.39. The third-order valence-electron chi connectivity index (χ3n) is 1.54. The van der Waals surface area contributed by atoms with Crippen LogP contribution in [0.1, 0.15) is 19.9 Å². The van der Waals surface area contributed by atoms with Gasteiger partial charge in [-0.1, -0.05) is 0 Å². The highest BCUT2D eigenvalue weighted by Gasteiger charge is 2.04. The van der Waals surface area contributed by atoms with Crippen molar-refractivity contribution in [1.29, 1.82) is 0 Å². The highest BCUT2D eigenvalue weighted by Crippen LogP contribution is 2.06. The highest BCUT2D eigenvalue weighted by atomic mass is 15.5. The Bertz CT molecular complexity index is 358. The first-order chi connectivity index (χ1) is 5.77. The Balaban J connectivity index is 2.62. The summed E-state index contributed by atoms with van der Waals surface area (Å²) in [6.45, 7) is 4.04. The topological polar surface area (TPSA) is 56.5 Å². The average molecular weight is 163 g/mol. The second-order valence-electron chi connectivity index (χ2n) is 2.85. The van der Waals surface area contributed by atoms with Crippen LogP contribution in [0, 0.1) is 0 Å². The molecule has 5 nitrogen and oxygen atoms in total. The first kappa shape index (κ1) is 7.15. The van der Waals surface area contributed by atoms with Crippen LogP contribution in [0.25, 0.3) is 11.2 Å². The molecule has 0 saturated heterocycles. The summed E-state index contributed by atoms with van der Waals surface area (Å²) in [7, 11) is 0. The van der Waals surface area contributed by atoms with Crippen LogP contribution >= 0.6 is 0 Å². The first-order valence-electron chi connectivity index (χ1n) is 3.80. The van der Waals surface area contributed by atoms with Crippen LogP contribution in [0.15, 0.2) is 12.5 Å². The molecule has 0 fully saturated rings. The monoisotopic (exact) mass is 163 g/mol. The van der Waals surface area contributed by atoms with Gasteiger partial charge >= 0.3 is 0 Å². The van der Waals surface area contributed by atoms with E-state index in [-0.39, 0.29) is 6.04 Å². The highest BCUT2D eigenvalue weighted by molar-refractivity contribution is 5.66. The van der Waals surface area contributed by atoms with Crippen molar-refractivity contribution in [2.45, 2.75) is 19.9 Å². The molecule has 0 aliphatic heterocycles. The second kappa shape index (κ2) is 2.51. The zero-order valence-electron chi connectivity index (χ0n) is 6.97. The van der Waals surface area contributed by atoms with Crippen LogP contribution in [0.2, 0.25) is 0 Å². The maximum atomic E-state index is 4.19. The predicted octanol–water partition coefficient (Wildman–Crippen LogP) is 0.802. The Morgan fingerprint density at radius 1 is 1.33 bits per heavy atom. The quantitative estimate of drug-likeness (QED) is 0.624. The molecule has 2 rings (SSSR count). The fourth-order valence-corrected chi connectivity index (χ4v) is 0.924. The van der Waals surface area contributed by atoms with E-state index in [1.807, 2.05) is 13.8 Å². The normalized spacial score (nSPS) is 11.2. The Labute approximate surface area is 69.4 Å². The van der Waals surface area contributed by atoms with E-state index in [0.29, 0.717) is 5.65 Å². The van der Waals surface area contributed by atoms with Gasteiger partial charge in [-0.25, -0.2) is 9.97 Å². The van der Waals surface area contributed by atoms with Gasteiger partial charge in [-0.3, -0.25) is 0 Å². The predicted molar refractivity (Wildman–Crippen MR) is 43.5 cm³/mol. The average Bonchev–Trinajstić information content (AvgIpc) is 2.46. The molecule has 0 aromatic carbocycles. The fraction of sp³-hybridized carbons (Fsp3) is 0.429. The molecule has 0 aliphatic carbocycles. The van der Waals surface area contributed by atoms with Gasteiger partial charge in [-0.05, 0) is 13.8 Å². The summed E-state index contributed by atoms with van der Waals surface area (Å²) in [5.74, 6) is 0.